The third-order valence-corrected chi connectivity index (χ3v) is 3.49. The Morgan fingerprint density at radius 2 is 2.00 bits per heavy atom. The van der Waals surface area contributed by atoms with Gasteiger partial charge in [-0.1, -0.05) is 38.1 Å². The molecule has 0 bridgehead atoms. The van der Waals surface area contributed by atoms with Crippen LogP contribution in [0.15, 0.2) is 24.3 Å². The lowest BCUT2D eigenvalue weighted by Crippen LogP contribution is -2.35. The molecule has 1 N–H and O–H groups in total. The maximum Gasteiger partial charge on any atom is 0.222 e. The van der Waals surface area contributed by atoms with Crippen LogP contribution in [0.2, 0.25) is 0 Å². The van der Waals surface area contributed by atoms with E-state index in [0.29, 0.717) is 6.54 Å². The SMILES string of the molecule is CC(C)C(=O)NCc1cccc(CN2CCOCC2)c1. The van der Waals surface area contributed by atoms with Crippen LogP contribution in [0.5, 0.6) is 0 Å². The van der Waals surface area contributed by atoms with Gasteiger partial charge in [0.25, 0.3) is 0 Å². The highest BCUT2D eigenvalue weighted by Crippen LogP contribution is 2.10. The zero-order valence-electron chi connectivity index (χ0n) is 12.4. The number of carbonyl (C=O) groups is 1. The predicted molar refractivity (Wildman–Crippen MR) is 79.2 cm³/mol. The first kappa shape index (κ1) is 15.0. The van der Waals surface area contributed by atoms with Crippen LogP contribution >= 0.6 is 0 Å². The van der Waals surface area contributed by atoms with Gasteiger partial charge in [-0.3, -0.25) is 9.69 Å². The van der Waals surface area contributed by atoms with Gasteiger partial charge in [-0.15, -0.1) is 0 Å². The van der Waals surface area contributed by atoms with Crippen LogP contribution in [0, 0.1) is 5.92 Å². The standard InChI is InChI=1S/C16H24N2O2/c1-13(2)16(19)17-11-14-4-3-5-15(10-14)12-18-6-8-20-9-7-18/h3-5,10,13H,6-9,11-12H2,1-2H3,(H,17,19). The molecule has 0 spiro atoms. The molecule has 1 heterocycles. The smallest absolute Gasteiger partial charge is 0.222 e. The Balaban J connectivity index is 1.88. The van der Waals surface area contributed by atoms with E-state index in [2.05, 4.69) is 34.5 Å². The minimum atomic E-state index is 0.0338. The second kappa shape index (κ2) is 7.41. The molecule has 1 aliphatic heterocycles. The molecule has 2 rings (SSSR count). The molecule has 110 valence electrons. The highest BCUT2D eigenvalue weighted by atomic mass is 16.5. The average molecular weight is 276 g/mol. The van der Waals surface area contributed by atoms with Crippen molar-refractivity contribution in [3.8, 4) is 0 Å². The third-order valence-electron chi connectivity index (χ3n) is 3.49. The summed E-state index contributed by atoms with van der Waals surface area (Å²) in [5.41, 5.74) is 2.45. The Kier molecular flexibility index (Phi) is 5.56. The van der Waals surface area contributed by atoms with Crippen LogP contribution in [0.4, 0.5) is 0 Å². The van der Waals surface area contributed by atoms with Crippen molar-refractivity contribution in [2.75, 3.05) is 26.3 Å². The van der Waals surface area contributed by atoms with Gasteiger partial charge in [0.1, 0.15) is 0 Å². The van der Waals surface area contributed by atoms with Crippen LogP contribution in [-0.2, 0) is 22.6 Å². The van der Waals surface area contributed by atoms with Crippen LogP contribution in [0.1, 0.15) is 25.0 Å². The van der Waals surface area contributed by atoms with Gasteiger partial charge >= 0.3 is 0 Å². The van der Waals surface area contributed by atoms with Crippen molar-refractivity contribution in [2.24, 2.45) is 5.92 Å². The Hall–Kier alpha value is -1.39. The van der Waals surface area contributed by atoms with E-state index in [0.717, 1.165) is 38.4 Å². The van der Waals surface area contributed by atoms with Crippen molar-refractivity contribution in [2.45, 2.75) is 26.9 Å². The van der Waals surface area contributed by atoms with E-state index in [1.54, 1.807) is 0 Å². The summed E-state index contributed by atoms with van der Waals surface area (Å²) in [6.45, 7) is 9.01. The molecule has 0 radical (unpaired) electrons. The molecule has 1 amide bonds. The molecule has 20 heavy (non-hydrogen) atoms. The Morgan fingerprint density at radius 3 is 2.70 bits per heavy atom. The third kappa shape index (κ3) is 4.62. The van der Waals surface area contributed by atoms with Gasteiger partial charge in [0, 0.05) is 32.1 Å². The van der Waals surface area contributed by atoms with Gasteiger partial charge < -0.3 is 10.1 Å². The molecule has 0 aliphatic carbocycles. The normalized spacial score (nSPS) is 16.4. The van der Waals surface area contributed by atoms with Crippen molar-refractivity contribution in [3.63, 3.8) is 0 Å². The van der Waals surface area contributed by atoms with Crippen LogP contribution in [0.3, 0.4) is 0 Å². The van der Waals surface area contributed by atoms with E-state index in [-0.39, 0.29) is 11.8 Å². The van der Waals surface area contributed by atoms with Crippen LogP contribution in [-0.4, -0.2) is 37.1 Å². The van der Waals surface area contributed by atoms with E-state index in [9.17, 15) is 4.79 Å². The lowest BCUT2D eigenvalue weighted by Gasteiger charge is -2.26. The van der Waals surface area contributed by atoms with Gasteiger partial charge in [0.05, 0.1) is 13.2 Å². The number of nitrogens with one attached hydrogen (secondary N) is 1. The molecule has 1 saturated heterocycles. The van der Waals surface area contributed by atoms with Crippen LogP contribution in [0.25, 0.3) is 0 Å². The van der Waals surface area contributed by atoms with Gasteiger partial charge in [0.15, 0.2) is 0 Å². The summed E-state index contributed by atoms with van der Waals surface area (Å²) in [7, 11) is 0. The number of hydrogen-bond donors (Lipinski definition) is 1. The van der Waals surface area contributed by atoms with Crippen molar-refractivity contribution in [1.82, 2.24) is 10.2 Å². The fraction of sp³-hybridized carbons (Fsp3) is 0.562. The van der Waals surface area contributed by atoms with E-state index >= 15 is 0 Å². The first-order chi connectivity index (χ1) is 9.65. The van der Waals surface area contributed by atoms with Crippen molar-refractivity contribution in [1.29, 1.82) is 0 Å². The number of ether oxygens (including phenoxy) is 1. The lowest BCUT2D eigenvalue weighted by atomic mass is 10.1. The molecule has 0 unspecified atom stereocenters. The number of nitrogens with zero attached hydrogens (tertiary/aromatic N) is 1. The monoisotopic (exact) mass is 276 g/mol. The summed E-state index contributed by atoms with van der Waals surface area (Å²) in [5, 5.41) is 2.96. The molecular formula is C16H24N2O2. The van der Waals surface area contributed by atoms with Gasteiger partial charge in [0.2, 0.25) is 5.91 Å². The summed E-state index contributed by atoms with van der Waals surface area (Å²) >= 11 is 0. The number of morpholine rings is 1. The minimum absolute atomic E-state index is 0.0338. The average Bonchev–Trinajstić information content (AvgIpc) is 2.46. The second-order valence-electron chi connectivity index (χ2n) is 5.58. The topological polar surface area (TPSA) is 41.6 Å². The van der Waals surface area contributed by atoms with Gasteiger partial charge in [-0.2, -0.15) is 0 Å². The molecule has 1 aromatic carbocycles. The Bertz CT molecular complexity index is 440. The maximum absolute atomic E-state index is 11.6. The highest BCUT2D eigenvalue weighted by Gasteiger charge is 2.11. The first-order valence-corrected chi connectivity index (χ1v) is 7.31. The molecular weight excluding hydrogens is 252 g/mol. The zero-order chi connectivity index (χ0) is 14.4. The number of benzene rings is 1. The Morgan fingerprint density at radius 1 is 1.30 bits per heavy atom. The molecule has 1 aliphatic rings. The fourth-order valence-corrected chi connectivity index (χ4v) is 2.25. The van der Waals surface area contributed by atoms with Gasteiger partial charge in [-0.05, 0) is 11.1 Å². The predicted octanol–water partition coefficient (Wildman–Crippen LogP) is 1.79. The van der Waals surface area contributed by atoms with E-state index < -0.39 is 0 Å². The molecule has 1 aromatic rings. The Labute approximate surface area is 121 Å². The second-order valence-corrected chi connectivity index (χ2v) is 5.58. The van der Waals surface area contributed by atoms with Crippen molar-refractivity contribution < 1.29 is 9.53 Å². The molecule has 4 heteroatoms. The number of amides is 1. The summed E-state index contributed by atoms with van der Waals surface area (Å²) in [6, 6.07) is 8.44. The summed E-state index contributed by atoms with van der Waals surface area (Å²) in [6.07, 6.45) is 0. The first-order valence-electron chi connectivity index (χ1n) is 7.31. The summed E-state index contributed by atoms with van der Waals surface area (Å²) < 4.78 is 5.36. The molecule has 0 saturated carbocycles. The molecule has 0 aromatic heterocycles. The summed E-state index contributed by atoms with van der Waals surface area (Å²) in [4.78, 5) is 14.0. The van der Waals surface area contributed by atoms with E-state index in [4.69, 9.17) is 4.74 Å². The quantitative estimate of drug-likeness (QED) is 0.891. The number of carbonyl (C=O) groups excluding carboxylic acids is 1. The molecule has 0 atom stereocenters. The van der Waals surface area contributed by atoms with Crippen molar-refractivity contribution in [3.05, 3.63) is 35.4 Å². The van der Waals surface area contributed by atoms with E-state index in [1.165, 1.54) is 5.56 Å². The summed E-state index contributed by atoms with van der Waals surface area (Å²) in [5.74, 6) is 0.134. The molecule has 1 fully saturated rings. The van der Waals surface area contributed by atoms with E-state index in [1.807, 2.05) is 13.8 Å². The lowest BCUT2D eigenvalue weighted by molar-refractivity contribution is -0.124. The molecule has 4 nitrogen and oxygen atoms in total. The number of rotatable bonds is 5. The van der Waals surface area contributed by atoms with Crippen LogP contribution < -0.4 is 5.32 Å². The largest absolute Gasteiger partial charge is 0.379 e. The zero-order valence-corrected chi connectivity index (χ0v) is 12.4. The van der Waals surface area contributed by atoms with Gasteiger partial charge in [-0.25, -0.2) is 0 Å². The fourth-order valence-electron chi connectivity index (χ4n) is 2.25. The minimum Gasteiger partial charge on any atom is -0.379 e. The number of hydrogen-bond acceptors (Lipinski definition) is 3. The van der Waals surface area contributed by atoms with Crippen molar-refractivity contribution >= 4 is 5.91 Å². The highest BCUT2D eigenvalue weighted by molar-refractivity contribution is 5.77. The maximum atomic E-state index is 11.6.